The third-order valence-corrected chi connectivity index (χ3v) is 1.32. The minimum absolute atomic E-state index is 0.961. The quantitative estimate of drug-likeness (QED) is 0.484. The molecule has 43 valence electrons. The van der Waals surface area contributed by atoms with Gasteiger partial charge in [0.1, 0.15) is 5.82 Å². The molecule has 1 aromatic heterocycles. The minimum Gasteiger partial charge on any atom is -0.335 e. The number of aromatic nitrogens is 2. The van der Waals surface area contributed by atoms with Crippen molar-refractivity contribution >= 4 is 0 Å². The average molecular weight is 109 g/mol. The van der Waals surface area contributed by atoms with Gasteiger partial charge >= 0.3 is 0 Å². The summed E-state index contributed by atoms with van der Waals surface area (Å²) in [4.78, 5) is 4.02. The summed E-state index contributed by atoms with van der Waals surface area (Å²) in [6.07, 6.45) is 1.76. The Hall–Kier alpha value is -0.790. The van der Waals surface area contributed by atoms with Gasteiger partial charge in [-0.05, 0) is 13.8 Å². The van der Waals surface area contributed by atoms with Crippen LogP contribution in [0.3, 0.4) is 0 Å². The van der Waals surface area contributed by atoms with Gasteiger partial charge in [0.05, 0.1) is 0 Å². The van der Waals surface area contributed by atoms with Gasteiger partial charge in [0.2, 0.25) is 0 Å². The molecule has 0 N–H and O–H groups in total. The summed E-state index contributed by atoms with van der Waals surface area (Å²) in [7, 11) is 1.95. The third-order valence-electron chi connectivity index (χ3n) is 1.32. The van der Waals surface area contributed by atoms with Gasteiger partial charge in [0, 0.05) is 18.9 Å². The molecule has 0 saturated carbocycles. The van der Waals surface area contributed by atoms with E-state index in [2.05, 4.69) is 11.9 Å². The van der Waals surface area contributed by atoms with Crippen molar-refractivity contribution in [3.8, 4) is 0 Å². The molecule has 2 heteroatoms. The van der Waals surface area contributed by atoms with Gasteiger partial charge in [-0.25, -0.2) is 4.98 Å². The van der Waals surface area contributed by atoms with Crippen molar-refractivity contribution < 1.29 is 0 Å². The SMILES string of the molecule is [CH2]c1cnc(C)n1C. The zero-order chi connectivity index (χ0) is 6.15. The van der Waals surface area contributed by atoms with Crippen LogP contribution in [-0.4, -0.2) is 9.55 Å². The monoisotopic (exact) mass is 109 g/mol. The van der Waals surface area contributed by atoms with Crippen molar-refractivity contribution in [1.82, 2.24) is 9.55 Å². The van der Waals surface area contributed by atoms with E-state index in [4.69, 9.17) is 0 Å². The molecule has 0 aliphatic carbocycles. The normalized spacial score (nSPS) is 9.88. The molecule has 0 aliphatic rings. The predicted molar refractivity (Wildman–Crippen MR) is 32.4 cm³/mol. The van der Waals surface area contributed by atoms with Crippen LogP contribution in [0.5, 0.6) is 0 Å². The van der Waals surface area contributed by atoms with Crippen LogP contribution < -0.4 is 0 Å². The maximum Gasteiger partial charge on any atom is 0.105 e. The number of hydrogen-bond acceptors (Lipinski definition) is 1. The lowest BCUT2D eigenvalue weighted by Crippen LogP contribution is -1.92. The van der Waals surface area contributed by atoms with Crippen molar-refractivity contribution in [3.05, 3.63) is 24.6 Å². The van der Waals surface area contributed by atoms with E-state index < -0.39 is 0 Å². The van der Waals surface area contributed by atoms with E-state index in [-0.39, 0.29) is 0 Å². The van der Waals surface area contributed by atoms with Gasteiger partial charge in [-0.15, -0.1) is 0 Å². The van der Waals surface area contributed by atoms with Crippen molar-refractivity contribution in [3.63, 3.8) is 0 Å². The number of nitrogens with zero attached hydrogens (tertiary/aromatic N) is 2. The second kappa shape index (κ2) is 1.62. The van der Waals surface area contributed by atoms with Gasteiger partial charge in [-0.1, -0.05) is 0 Å². The molecule has 0 spiro atoms. The van der Waals surface area contributed by atoms with Crippen molar-refractivity contribution in [2.24, 2.45) is 7.05 Å². The van der Waals surface area contributed by atoms with E-state index in [0.29, 0.717) is 0 Å². The summed E-state index contributed by atoms with van der Waals surface area (Å²) >= 11 is 0. The van der Waals surface area contributed by atoms with Crippen LogP contribution in [-0.2, 0) is 7.05 Å². The molecule has 0 bridgehead atoms. The number of aryl methyl sites for hydroxylation is 1. The molecule has 1 rings (SSSR count). The molecule has 8 heavy (non-hydrogen) atoms. The largest absolute Gasteiger partial charge is 0.335 e. The summed E-state index contributed by atoms with van der Waals surface area (Å²) in [6, 6.07) is 0. The molecule has 0 saturated heterocycles. The Morgan fingerprint density at radius 1 is 1.75 bits per heavy atom. The highest BCUT2D eigenvalue weighted by molar-refractivity contribution is 5.05. The van der Waals surface area contributed by atoms with Crippen molar-refractivity contribution in [2.45, 2.75) is 6.92 Å². The van der Waals surface area contributed by atoms with Gasteiger partial charge in [0.15, 0.2) is 0 Å². The molecule has 0 aromatic carbocycles. The predicted octanol–water partition coefficient (Wildman–Crippen LogP) is 0.911. The van der Waals surface area contributed by atoms with E-state index in [1.54, 1.807) is 6.20 Å². The van der Waals surface area contributed by atoms with Crippen molar-refractivity contribution in [1.29, 1.82) is 0 Å². The molecule has 1 aromatic rings. The first kappa shape index (κ1) is 5.35. The number of imidazole rings is 1. The maximum atomic E-state index is 4.02. The maximum absolute atomic E-state index is 4.02. The van der Waals surface area contributed by atoms with Gasteiger partial charge in [-0.2, -0.15) is 0 Å². The third kappa shape index (κ3) is 0.619. The Labute approximate surface area is 49.2 Å². The van der Waals surface area contributed by atoms with Gasteiger partial charge in [-0.3, -0.25) is 0 Å². The smallest absolute Gasteiger partial charge is 0.105 e. The molecular formula is C6H9N2. The molecule has 1 radical (unpaired) electrons. The van der Waals surface area contributed by atoms with E-state index in [0.717, 1.165) is 11.5 Å². The average Bonchev–Trinajstić information content (AvgIpc) is 1.98. The topological polar surface area (TPSA) is 17.8 Å². The van der Waals surface area contributed by atoms with E-state index in [1.807, 2.05) is 18.5 Å². The standard InChI is InChI=1S/C6H9N2/c1-5-4-7-6(2)8(5)3/h4H,1H2,2-3H3. The minimum atomic E-state index is 0.961. The fourth-order valence-electron chi connectivity index (χ4n) is 0.549. The molecule has 2 nitrogen and oxygen atoms in total. The molecular weight excluding hydrogens is 100 g/mol. The van der Waals surface area contributed by atoms with Crippen LogP contribution in [0.1, 0.15) is 11.5 Å². The molecule has 0 atom stereocenters. The molecule has 0 aliphatic heterocycles. The summed E-state index contributed by atoms with van der Waals surface area (Å²) in [6.45, 7) is 5.69. The van der Waals surface area contributed by atoms with Crippen LogP contribution in [0.25, 0.3) is 0 Å². The Morgan fingerprint density at radius 2 is 2.38 bits per heavy atom. The Balaban J connectivity index is 3.19. The lowest BCUT2D eigenvalue weighted by molar-refractivity contribution is 0.842. The second-order valence-electron chi connectivity index (χ2n) is 1.86. The van der Waals surface area contributed by atoms with E-state index in [1.165, 1.54) is 0 Å². The lowest BCUT2D eigenvalue weighted by atomic mass is 10.5. The zero-order valence-corrected chi connectivity index (χ0v) is 5.18. The fraction of sp³-hybridized carbons (Fsp3) is 0.333. The summed E-state index contributed by atoms with van der Waals surface area (Å²) in [5, 5.41) is 0. The second-order valence-corrected chi connectivity index (χ2v) is 1.86. The van der Waals surface area contributed by atoms with Crippen LogP contribution in [0.15, 0.2) is 6.20 Å². The molecule has 1 heterocycles. The molecule has 0 amide bonds. The summed E-state index contributed by atoms with van der Waals surface area (Å²) in [5.41, 5.74) is 0.961. The molecule has 0 unspecified atom stereocenters. The zero-order valence-electron chi connectivity index (χ0n) is 5.18. The number of rotatable bonds is 0. The number of hydrogen-bond donors (Lipinski definition) is 0. The van der Waals surface area contributed by atoms with Crippen LogP contribution in [0.2, 0.25) is 0 Å². The highest BCUT2D eigenvalue weighted by Gasteiger charge is 1.92. The van der Waals surface area contributed by atoms with Gasteiger partial charge in [0.25, 0.3) is 0 Å². The fourth-order valence-corrected chi connectivity index (χ4v) is 0.549. The van der Waals surface area contributed by atoms with Crippen molar-refractivity contribution in [2.75, 3.05) is 0 Å². The first-order valence-corrected chi connectivity index (χ1v) is 2.52. The van der Waals surface area contributed by atoms with Crippen LogP contribution in [0, 0.1) is 13.8 Å². The first-order chi connectivity index (χ1) is 3.72. The van der Waals surface area contributed by atoms with Crippen LogP contribution in [0.4, 0.5) is 0 Å². The summed E-state index contributed by atoms with van der Waals surface area (Å²) in [5.74, 6) is 1.01. The molecule has 0 fully saturated rings. The van der Waals surface area contributed by atoms with Gasteiger partial charge < -0.3 is 4.57 Å². The van der Waals surface area contributed by atoms with Crippen LogP contribution >= 0.6 is 0 Å². The Kier molecular flexibility index (Phi) is 1.08. The van der Waals surface area contributed by atoms with E-state index >= 15 is 0 Å². The Bertz CT molecular complexity index is 169. The first-order valence-electron chi connectivity index (χ1n) is 2.52. The Morgan fingerprint density at radius 3 is 2.50 bits per heavy atom. The highest BCUT2D eigenvalue weighted by atomic mass is 15.0. The highest BCUT2D eigenvalue weighted by Crippen LogP contribution is 1.96. The lowest BCUT2D eigenvalue weighted by Gasteiger charge is -1.93. The summed E-state index contributed by atoms with van der Waals surface area (Å²) < 4.78 is 1.94. The van der Waals surface area contributed by atoms with E-state index in [9.17, 15) is 0 Å².